The maximum Gasteiger partial charge on any atom is 0.276 e. The molecule has 110 valence electrons. The number of anilines is 1. The summed E-state index contributed by atoms with van der Waals surface area (Å²) < 4.78 is 5.56. The van der Waals surface area contributed by atoms with Gasteiger partial charge in [-0.3, -0.25) is 15.6 Å². The van der Waals surface area contributed by atoms with Crippen molar-refractivity contribution in [3.05, 3.63) is 58.6 Å². The van der Waals surface area contributed by atoms with Crippen molar-refractivity contribution >= 4 is 23.2 Å². The molecule has 2 N–H and O–H groups in total. The number of carbonyl (C=O) groups is 1. The van der Waals surface area contributed by atoms with E-state index in [0.29, 0.717) is 10.7 Å². The summed E-state index contributed by atoms with van der Waals surface area (Å²) in [5.74, 6) is 0.480. The zero-order chi connectivity index (χ0) is 15.2. The molecule has 0 bridgehead atoms. The minimum Gasteiger partial charge on any atom is -0.483 e. The molecule has 0 saturated heterocycles. The molecular weight excluding hydrogens is 288 g/mol. The molecule has 0 saturated carbocycles. The average Bonchev–Trinajstić information content (AvgIpc) is 2.45. The van der Waals surface area contributed by atoms with Crippen LogP contribution in [0.25, 0.3) is 0 Å². The van der Waals surface area contributed by atoms with Crippen molar-refractivity contribution in [1.82, 2.24) is 5.43 Å². The molecule has 0 radical (unpaired) electrons. The third-order valence-corrected chi connectivity index (χ3v) is 3.16. The van der Waals surface area contributed by atoms with E-state index in [9.17, 15) is 4.79 Å². The Bertz CT molecular complexity index is 624. The van der Waals surface area contributed by atoms with Crippen LogP contribution in [-0.4, -0.2) is 12.5 Å². The minimum absolute atomic E-state index is 0.0563. The first-order valence-corrected chi connectivity index (χ1v) is 6.93. The van der Waals surface area contributed by atoms with Crippen molar-refractivity contribution in [2.24, 2.45) is 0 Å². The molecule has 0 spiro atoms. The van der Waals surface area contributed by atoms with Crippen LogP contribution in [0.4, 0.5) is 5.69 Å². The highest BCUT2D eigenvalue weighted by Gasteiger charge is 2.07. The average molecular weight is 305 g/mol. The van der Waals surface area contributed by atoms with E-state index in [1.807, 2.05) is 32.0 Å². The third-order valence-electron chi connectivity index (χ3n) is 2.93. The molecule has 21 heavy (non-hydrogen) atoms. The number of halogens is 1. The fraction of sp³-hybridized carbons (Fsp3) is 0.188. The monoisotopic (exact) mass is 304 g/mol. The van der Waals surface area contributed by atoms with Crippen molar-refractivity contribution in [2.45, 2.75) is 13.8 Å². The van der Waals surface area contributed by atoms with E-state index >= 15 is 0 Å². The third kappa shape index (κ3) is 4.39. The van der Waals surface area contributed by atoms with Gasteiger partial charge in [-0.05, 0) is 43.2 Å². The molecule has 0 atom stereocenters. The number of hydrazine groups is 1. The predicted octanol–water partition coefficient (Wildman–Crippen LogP) is 3.48. The highest BCUT2D eigenvalue weighted by molar-refractivity contribution is 6.30. The molecule has 0 fully saturated rings. The van der Waals surface area contributed by atoms with Gasteiger partial charge in [0.2, 0.25) is 0 Å². The number of benzene rings is 2. The van der Waals surface area contributed by atoms with Gasteiger partial charge in [0.05, 0.1) is 5.69 Å². The second-order valence-electron chi connectivity index (χ2n) is 4.69. The number of aryl methyl sites for hydroxylation is 2. The molecule has 2 aromatic carbocycles. The van der Waals surface area contributed by atoms with Crippen LogP contribution in [0.2, 0.25) is 5.02 Å². The van der Waals surface area contributed by atoms with Gasteiger partial charge in [0.25, 0.3) is 5.91 Å². The smallest absolute Gasteiger partial charge is 0.276 e. The first-order chi connectivity index (χ1) is 10.1. The Morgan fingerprint density at radius 1 is 1.14 bits per heavy atom. The second kappa shape index (κ2) is 6.99. The second-order valence-corrected chi connectivity index (χ2v) is 5.13. The van der Waals surface area contributed by atoms with Gasteiger partial charge in [0.1, 0.15) is 5.75 Å². The molecule has 1 amide bonds. The Morgan fingerprint density at radius 2 is 1.81 bits per heavy atom. The van der Waals surface area contributed by atoms with Crippen LogP contribution < -0.4 is 15.6 Å². The summed E-state index contributed by atoms with van der Waals surface area (Å²) in [5.41, 5.74) is 8.07. The topological polar surface area (TPSA) is 50.4 Å². The van der Waals surface area contributed by atoms with Crippen molar-refractivity contribution in [1.29, 1.82) is 0 Å². The molecule has 0 heterocycles. The lowest BCUT2D eigenvalue weighted by molar-refractivity contribution is -0.122. The summed E-state index contributed by atoms with van der Waals surface area (Å²) in [6, 6.07) is 12.9. The maximum atomic E-state index is 11.8. The summed E-state index contributed by atoms with van der Waals surface area (Å²) in [5, 5.41) is 0.598. The minimum atomic E-state index is -0.266. The van der Waals surface area contributed by atoms with E-state index in [-0.39, 0.29) is 12.5 Å². The summed E-state index contributed by atoms with van der Waals surface area (Å²) in [6.07, 6.45) is 0. The summed E-state index contributed by atoms with van der Waals surface area (Å²) >= 11 is 5.86. The number of para-hydroxylation sites is 1. The maximum absolute atomic E-state index is 11.8. The zero-order valence-electron chi connectivity index (χ0n) is 11.9. The number of amides is 1. The van der Waals surface area contributed by atoms with Crippen LogP contribution in [0, 0.1) is 13.8 Å². The van der Waals surface area contributed by atoms with Gasteiger partial charge in [-0.1, -0.05) is 35.9 Å². The highest BCUT2D eigenvalue weighted by Crippen LogP contribution is 2.22. The fourth-order valence-electron chi connectivity index (χ4n) is 1.91. The molecule has 0 unspecified atom stereocenters. The number of rotatable bonds is 5. The van der Waals surface area contributed by atoms with Crippen LogP contribution in [0.3, 0.4) is 0 Å². The van der Waals surface area contributed by atoms with E-state index in [0.717, 1.165) is 16.9 Å². The van der Waals surface area contributed by atoms with Crippen LogP contribution in [0.15, 0.2) is 42.5 Å². The zero-order valence-corrected chi connectivity index (χ0v) is 12.7. The lowest BCUT2D eigenvalue weighted by Gasteiger charge is -2.12. The number of hydrogen-bond donors (Lipinski definition) is 2. The summed E-state index contributed by atoms with van der Waals surface area (Å²) in [4.78, 5) is 11.8. The van der Waals surface area contributed by atoms with E-state index in [2.05, 4.69) is 10.9 Å². The van der Waals surface area contributed by atoms with Gasteiger partial charge in [-0.15, -0.1) is 0 Å². The molecule has 0 aliphatic rings. The lowest BCUT2D eigenvalue weighted by atomic mass is 10.1. The molecule has 4 nitrogen and oxygen atoms in total. The van der Waals surface area contributed by atoms with Gasteiger partial charge >= 0.3 is 0 Å². The Morgan fingerprint density at radius 3 is 2.48 bits per heavy atom. The van der Waals surface area contributed by atoms with Crippen LogP contribution in [-0.2, 0) is 4.79 Å². The van der Waals surface area contributed by atoms with E-state index in [1.165, 1.54) is 0 Å². The van der Waals surface area contributed by atoms with Crippen LogP contribution in [0.5, 0.6) is 5.75 Å². The van der Waals surface area contributed by atoms with Crippen molar-refractivity contribution in [2.75, 3.05) is 12.0 Å². The summed E-state index contributed by atoms with van der Waals surface area (Å²) in [6.45, 7) is 3.84. The summed E-state index contributed by atoms with van der Waals surface area (Å²) in [7, 11) is 0. The van der Waals surface area contributed by atoms with Gasteiger partial charge in [0.15, 0.2) is 6.61 Å². The molecule has 2 rings (SSSR count). The van der Waals surface area contributed by atoms with Gasteiger partial charge in [-0.2, -0.15) is 0 Å². The molecule has 0 aromatic heterocycles. The lowest BCUT2D eigenvalue weighted by Crippen LogP contribution is -2.33. The predicted molar refractivity (Wildman–Crippen MR) is 84.6 cm³/mol. The number of ether oxygens (including phenoxy) is 1. The number of hydrogen-bond acceptors (Lipinski definition) is 3. The largest absolute Gasteiger partial charge is 0.483 e. The molecule has 0 aliphatic carbocycles. The van der Waals surface area contributed by atoms with E-state index in [4.69, 9.17) is 16.3 Å². The molecule has 2 aromatic rings. The molecule has 5 heteroatoms. The number of nitrogens with one attached hydrogen (secondary N) is 2. The molecular formula is C16H17ClN2O2. The highest BCUT2D eigenvalue weighted by atomic mass is 35.5. The normalized spacial score (nSPS) is 10.0. The van der Waals surface area contributed by atoms with Crippen LogP contribution in [0.1, 0.15) is 11.1 Å². The fourth-order valence-corrected chi connectivity index (χ4v) is 2.10. The first-order valence-electron chi connectivity index (χ1n) is 6.55. The van der Waals surface area contributed by atoms with Gasteiger partial charge in [-0.25, -0.2) is 0 Å². The Labute approximate surface area is 129 Å². The Kier molecular flexibility index (Phi) is 5.06. The van der Waals surface area contributed by atoms with Crippen molar-refractivity contribution in [3.63, 3.8) is 0 Å². The van der Waals surface area contributed by atoms with E-state index < -0.39 is 0 Å². The standard InChI is InChI=1S/C16H17ClN2O2/c1-11-5-3-6-12(2)16(11)21-10-15(20)19-18-14-8-4-7-13(17)9-14/h3-9,18H,10H2,1-2H3,(H,19,20). The van der Waals surface area contributed by atoms with Gasteiger partial charge in [0, 0.05) is 5.02 Å². The molecule has 0 aliphatic heterocycles. The van der Waals surface area contributed by atoms with Crippen LogP contribution >= 0.6 is 11.6 Å². The SMILES string of the molecule is Cc1cccc(C)c1OCC(=O)NNc1cccc(Cl)c1. The Balaban J connectivity index is 1.85. The van der Waals surface area contributed by atoms with Crippen molar-refractivity contribution < 1.29 is 9.53 Å². The van der Waals surface area contributed by atoms with Gasteiger partial charge < -0.3 is 4.74 Å². The Hall–Kier alpha value is -2.20. The number of carbonyl (C=O) groups excluding carboxylic acids is 1. The quantitative estimate of drug-likeness (QED) is 0.832. The first kappa shape index (κ1) is 15.2. The van der Waals surface area contributed by atoms with E-state index in [1.54, 1.807) is 24.3 Å². The van der Waals surface area contributed by atoms with Crippen molar-refractivity contribution in [3.8, 4) is 5.75 Å².